The molecule has 0 aliphatic carbocycles. The Labute approximate surface area is 182 Å². The van der Waals surface area contributed by atoms with Crippen LogP contribution in [0.1, 0.15) is 0 Å². The molecule has 0 unspecified atom stereocenters. The topological polar surface area (TPSA) is 104 Å². The average Bonchev–Trinajstić information content (AvgIpc) is 2.70. The summed E-state index contributed by atoms with van der Waals surface area (Å²) in [5.41, 5.74) is 1.58. The number of nitrogens with zero attached hydrogens (tertiary/aromatic N) is 2. The fraction of sp³-hybridized carbons (Fsp3) is 0. The van der Waals surface area contributed by atoms with Gasteiger partial charge in [0.1, 0.15) is 5.75 Å². The molecule has 3 N–H and O–H groups in total. The molecule has 1 heterocycles. The highest BCUT2D eigenvalue weighted by Gasteiger charge is 2.20. The molecule has 4 aromatic rings. The van der Waals surface area contributed by atoms with E-state index in [1.54, 1.807) is 36.4 Å². The Balaban J connectivity index is 1.79. The molecule has 152 valence electrons. The number of phenols is 1. The van der Waals surface area contributed by atoms with Gasteiger partial charge < -0.3 is 10.4 Å². The van der Waals surface area contributed by atoms with E-state index in [4.69, 9.17) is 23.2 Å². The Bertz CT molecular complexity index is 1360. The van der Waals surface area contributed by atoms with Crippen molar-refractivity contribution in [2.45, 2.75) is 4.90 Å². The van der Waals surface area contributed by atoms with Crippen LogP contribution >= 0.6 is 23.2 Å². The minimum atomic E-state index is -4.03. The Morgan fingerprint density at radius 1 is 0.800 bits per heavy atom. The number of para-hydroxylation sites is 2. The molecule has 4 rings (SSSR count). The van der Waals surface area contributed by atoms with Crippen molar-refractivity contribution in [1.82, 2.24) is 9.97 Å². The first-order valence-electron chi connectivity index (χ1n) is 8.62. The standard InChI is InChI=1S/C20H14Cl2N4O3S/c21-15-9-8-14(11-16(15)22)30(28,29)26-20-19(23-12-4-3-5-13(27)10-12)24-17-6-1-2-7-18(17)25-20/h1-11,27H,(H,23,24)(H,25,26). The maximum Gasteiger partial charge on any atom is 0.263 e. The molecule has 3 aromatic carbocycles. The van der Waals surface area contributed by atoms with Crippen LogP contribution in [0.5, 0.6) is 5.75 Å². The third-order valence-electron chi connectivity index (χ3n) is 4.11. The van der Waals surface area contributed by atoms with Crippen LogP contribution in [0.15, 0.2) is 71.6 Å². The van der Waals surface area contributed by atoms with Crippen molar-refractivity contribution in [2.24, 2.45) is 0 Å². The summed E-state index contributed by atoms with van der Waals surface area (Å²) in [4.78, 5) is 8.81. The molecule has 0 amide bonds. The van der Waals surface area contributed by atoms with E-state index < -0.39 is 10.0 Å². The molecule has 0 spiro atoms. The van der Waals surface area contributed by atoms with Crippen molar-refractivity contribution in [1.29, 1.82) is 0 Å². The SMILES string of the molecule is O=S(=O)(Nc1nc2ccccc2nc1Nc1cccc(O)c1)c1ccc(Cl)c(Cl)c1. The summed E-state index contributed by atoms with van der Waals surface area (Å²) in [7, 11) is -4.03. The first-order chi connectivity index (χ1) is 14.3. The highest BCUT2D eigenvalue weighted by Crippen LogP contribution is 2.30. The van der Waals surface area contributed by atoms with Gasteiger partial charge >= 0.3 is 0 Å². The van der Waals surface area contributed by atoms with Crippen molar-refractivity contribution >= 4 is 61.6 Å². The van der Waals surface area contributed by atoms with Crippen LogP contribution in [0.2, 0.25) is 10.0 Å². The third kappa shape index (κ3) is 4.25. The van der Waals surface area contributed by atoms with Crippen LogP contribution in [0.3, 0.4) is 0 Å². The van der Waals surface area contributed by atoms with Crippen LogP contribution in [-0.4, -0.2) is 23.5 Å². The molecule has 0 aliphatic rings. The Morgan fingerprint density at radius 2 is 1.50 bits per heavy atom. The highest BCUT2D eigenvalue weighted by molar-refractivity contribution is 7.92. The Hall–Kier alpha value is -3.07. The number of sulfonamides is 1. The van der Waals surface area contributed by atoms with Gasteiger partial charge in [-0.15, -0.1) is 0 Å². The first-order valence-corrected chi connectivity index (χ1v) is 10.9. The van der Waals surface area contributed by atoms with Gasteiger partial charge in [0.25, 0.3) is 10.0 Å². The number of aromatic nitrogens is 2. The molecule has 0 saturated carbocycles. The van der Waals surface area contributed by atoms with Crippen LogP contribution in [-0.2, 0) is 10.0 Å². The lowest BCUT2D eigenvalue weighted by Gasteiger charge is -2.14. The number of hydrogen-bond acceptors (Lipinski definition) is 6. The minimum absolute atomic E-state index is 0.0110. The summed E-state index contributed by atoms with van der Waals surface area (Å²) in [6, 6.07) is 17.4. The van der Waals surface area contributed by atoms with Crippen molar-refractivity contribution in [2.75, 3.05) is 10.0 Å². The van der Waals surface area contributed by atoms with Crippen LogP contribution in [0, 0.1) is 0 Å². The molecule has 10 heteroatoms. The summed E-state index contributed by atoms with van der Waals surface area (Å²) < 4.78 is 28.3. The number of anilines is 3. The Morgan fingerprint density at radius 3 is 2.17 bits per heavy atom. The summed E-state index contributed by atoms with van der Waals surface area (Å²) in [6.45, 7) is 0. The second kappa shape index (κ2) is 7.98. The molecule has 1 aromatic heterocycles. The van der Waals surface area contributed by atoms with Crippen molar-refractivity contribution in [3.8, 4) is 5.75 Å². The molecule has 7 nitrogen and oxygen atoms in total. The van der Waals surface area contributed by atoms with Gasteiger partial charge in [0.15, 0.2) is 11.6 Å². The number of fused-ring (bicyclic) bond motifs is 1. The second-order valence-electron chi connectivity index (χ2n) is 6.27. The fourth-order valence-electron chi connectivity index (χ4n) is 2.71. The van der Waals surface area contributed by atoms with Gasteiger partial charge in [-0.2, -0.15) is 0 Å². The molecule has 0 fully saturated rings. The minimum Gasteiger partial charge on any atom is -0.508 e. The molecule has 0 radical (unpaired) electrons. The first kappa shape index (κ1) is 20.2. The summed E-state index contributed by atoms with van der Waals surface area (Å²) in [5, 5.41) is 13.1. The number of rotatable bonds is 5. The van der Waals surface area contributed by atoms with E-state index in [0.29, 0.717) is 16.7 Å². The van der Waals surface area contributed by atoms with E-state index in [-0.39, 0.29) is 32.3 Å². The van der Waals surface area contributed by atoms with Gasteiger partial charge in [0, 0.05) is 11.8 Å². The lowest BCUT2D eigenvalue weighted by atomic mass is 10.3. The van der Waals surface area contributed by atoms with Crippen molar-refractivity contribution in [3.63, 3.8) is 0 Å². The summed E-state index contributed by atoms with van der Waals surface area (Å²) in [5.74, 6) is 0.206. The van der Waals surface area contributed by atoms with E-state index in [2.05, 4.69) is 20.0 Å². The van der Waals surface area contributed by atoms with Crippen molar-refractivity contribution in [3.05, 3.63) is 76.8 Å². The molecular weight excluding hydrogens is 447 g/mol. The van der Waals surface area contributed by atoms with Crippen LogP contribution < -0.4 is 10.0 Å². The van der Waals surface area contributed by atoms with E-state index in [9.17, 15) is 13.5 Å². The smallest absolute Gasteiger partial charge is 0.263 e. The number of aromatic hydroxyl groups is 1. The normalized spacial score (nSPS) is 11.4. The van der Waals surface area contributed by atoms with Gasteiger partial charge in [-0.3, -0.25) is 4.72 Å². The van der Waals surface area contributed by atoms with E-state index in [1.165, 1.54) is 30.3 Å². The number of benzene rings is 3. The predicted molar refractivity (Wildman–Crippen MR) is 118 cm³/mol. The molecular formula is C20H14Cl2N4O3S. The zero-order valence-electron chi connectivity index (χ0n) is 15.2. The fourth-order valence-corrected chi connectivity index (χ4v) is 4.11. The van der Waals surface area contributed by atoms with Gasteiger partial charge in [-0.05, 0) is 42.5 Å². The van der Waals surface area contributed by atoms with E-state index in [1.807, 2.05) is 0 Å². The number of halogens is 2. The summed E-state index contributed by atoms with van der Waals surface area (Å²) >= 11 is 11.9. The maximum absolute atomic E-state index is 12.9. The zero-order valence-corrected chi connectivity index (χ0v) is 17.5. The summed E-state index contributed by atoms with van der Waals surface area (Å²) in [6.07, 6.45) is 0. The quantitative estimate of drug-likeness (QED) is 0.378. The van der Waals surface area contributed by atoms with Crippen molar-refractivity contribution < 1.29 is 13.5 Å². The van der Waals surface area contributed by atoms with Gasteiger partial charge in [0.2, 0.25) is 0 Å². The van der Waals surface area contributed by atoms with E-state index in [0.717, 1.165) is 0 Å². The lowest BCUT2D eigenvalue weighted by molar-refractivity contribution is 0.475. The third-order valence-corrected chi connectivity index (χ3v) is 6.19. The van der Waals surface area contributed by atoms with Crippen LogP contribution in [0.4, 0.5) is 17.3 Å². The second-order valence-corrected chi connectivity index (χ2v) is 8.76. The number of hydrogen-bond donors (Lipinski definition) is 3. The molecule has 30 heavy (non-hydrogen) atoms. The van der Waals surface area contributed by atoms with E-state index >= 15 is 0 Å². The van der Waals surface area contributed by atoms with Gasteiger partial charge in [-0.1, -0.05) is 41.4 Å². The molecule has 0 bridgehead atoms. The zero-order chi connectivity index (χ0) is 21.3. The predicted octanol–water partition coefficient (Wildman–Crippen LogP) is 5.19. The number of phenolic OH excluding ortho intramolecular Hbond substituents is 1. The molecule has 0 atom stereocenters. The van der Waals surface area contributed by atoms with Gasteiger partial charge in [-0.25, -0.2) is 18.4 Å². The highest BCUT2D eigenvalue weighted by atomic mass is 35.5. The van der Waals surface area contributed by atoms with Gasteiger partial charge in [0.05, 0.1) is 26.0 Å². The lowest BCUT2D eigenvalue weighted by Crippen LogP contribution is -2.16. The van der Waals surface area contributed by atoms with Crippen LogP contribution in [0.25, 0.3) is 11.0 Å². The molecule has 0 saturated heterocycles. The molecule has 0 aliphatic heterocycles. The average molecular weight is 461 g/mol. The maximum atomic E-state index is 12.9. The monoisotopic (exact) mass is 460 g/mol. The Kier molecular flexibility index (Phi) is 5.38. The largest absolute Gasteiger partial charge is 0.508 e. The number of nitrogens with one attached hydrogen (secondary N) is 2.